The summed E-state index contributed by atoms with van der Waals surface area (Å²) in [4.78, 5) is 0. The van der Waals surface area contributed by atoms with Crippen LogP contribution in [-0.2, 0) is 0 Å². The zero-order valence-electron chi connectivity index (χ0n) is 8.88. The van der Waals surface area contributed by atoms with Crippen LogP contribution < -0.4 is 5.73 Å². The summed E-state index contributed by atoms with van der Waals surface area (Å²) in [6.07, 6.45) is -5.57. The van der Waals surface area contributed by atoms with Crippen LogP contribution in [0.5, 0.6) is 5.75 Å². The lowest BCUT2D eigenvalue weighted by Gasteiger charge is -2.17. The number of aromatic hydroxyl groups is 1. The van der Waals surface area contributed by atoms with Crippen molar-refractivity contribution in [3.05, 3.63) is 28.3 Å². The summed E-state index contributed by atoms with van der Waals surface area (Å²) in [5.41, 5.74) is 5.80. The summed E-state index contributed by atoms with van der Waals surface area (Å²) in [7, 11) is 0. The minimum absolute atomic E-state index is 0. The van der Waals surface area contributed by atoms with Gasteiger partial charge in [0.25, 0.3) is 0 Å². The predicted molar refractivity (Wildman–Crippen MR) is 62.7 cm³/mol. The van der Waals surface area contributed by atoms with Crippen molar-refractivity contribution < 1.29 is 18.3 Å². The standard InChI is InChI=1S/C10H11ClF3NO.ClH/c1-5-2-6(11)3-7(9(5)16)8(15)4-10(12,13)14;/h2-3,8,16H,4,15H2,1H3;1H/t8-;/m1./s1. The Bertz CT molecular complexity index is 396. The maximum Gasteiger partial charge on any atom is 0.390 e. The summed E-state index contributed by atoms with van der Waals surface area (Å²) in [6.45, 7) is 1.55. The van der Waals surface area contributed by atoms with Crippen molar-refractivity contribution in [3.63, 3.8) is 0 Å². The lowest BCUT2D eigenvalue weighted by Crippen LogP contribution is -2.20. The van der Waals surface area contributed by atoms with Gasteiger partial charge in [0.15, 0.2) is 0 Å². The first-order chi connectivity index (χ1) is 7.20. The van der Waals surface area contributed by atoms with Gasteiger partial charge in [-0.25, -0.2) is 0 Å². The minimum atomic E-state index is -4.37. The third-order valence-corrected chi connectivity index (χ3v) is 2.36. The highest BCUT2D eigenvalue weighted by atomic mass is 35.5. The fourth-order valence-corrected chi connectivity index (χ4v) is 1.68. The van der Waals surface area contributed by atoms with Crippen LogP contribution in [0.15, 0.2) is 12.1 Å². The average molecular weight is 290 g/mol. The number of phenolic OH excluding ortho intramolecular Hbond substituents is 1. The molecule has 0 bridgehead atoms. The Morgan fingerprint density at radius 1 is 1.41 bits per heavy atom. The molecule has 0 aliphatic carbocycles. The minimum Gasteiger partial charge on any atom is -0.507 e. The molecule has 0 saturated heterocycles. The Hall–Kier alpha value is -0.650. The van der Waals surface area contributed by atoms with Crippen molar-refractivity contribution in [2.45, 2.75) is 25.6 Å². The van der Waals surface area contributed by atoms with Gasteiger partial charge >= 0.3 is 6.18 Å². The maximum atomic E-state index is 12.1. The molecule has 0 amide bonds. The molecule has 0 unspecified atom stereocenters. The summed E-state index contributed by atoms with van der Waals surface area (Å²) < 4.78 is 36.4. The van der Waals surface area contributed by atoms with E-state index in [1.54, 1.807) is 6.92 Å². The number of benzene rings is 1. The van der Waals surface area contributed by atoms with Crippen molar-refractivity contribution in [2.24, 2.45) is 5.73 Å². The molecule has 2 nitrogen and oxygen atoms in total. The molecule has 0 heterocycles. The molecule has 1 aromatic carbocycles. The SMILES string of the molecule is Cc1cc(Cl)cc([C@H](N)CC(F)(F)F)c1O.Cl. The first kappa shape index (κ1) is 16.4. The molecule has 0 aromatic heterocycles. The fourth-order valence-electron chi connectivity index (χ4n) is 1.40. The van der Waals surface area contributed by atoms with Crippen LogP contribution in [0.25, 0.3) is 0 Å². The van der Waals surface area contributed by atoms with Gasteiger partial charge in [-0.1, -0.05) is 11.6 Å². The van der Waals surface area contributed by atoms with E-state index in [0.717, 1.165) is 0 Å². The second-order valence-electron chi connectivity index (χ2n) is 3.59. The lowest BCUT2D eigenvalue weighted by molar-refractivity contribution is -0.138. The third-order valence-electron chi connectivity index (χ3n) is 2.15. The Morgan fingerprint density at radius 3 is 2.41 bits per heavy atom. The predicted octanol–water partition coefficient (Wildman–Crippen LogP) is 3.73. The Morgan fingerprint density at radius 2 is 1.94 bits per heavy atom. The highest BCUT2D eigenvalue weighted by Gasteiger charge is 2.32. The largest absolute Gasteiger partial charge is 0.507 e. The van der Waals surface area contributed by atoms with E-state index >= 15 is 0 Å². The summed E-state index contributed by atoms with van der Waals surface area (Å²) in [6, 6.07) is 1.40. The van der Waals surface area contributed by atoms with Gasteiger partial charge < -0.3 is 10.8 Å². The van der Waals surface area contributed by atoms with E-state index in [0.29, 0.717) is 5.56 Å². The number of nitrogens with two attached hydrogens (primary N) is 1. The van der Waals surface area contributed by atoms with E-state index < -0.39 is 18.6 Å². The molecule has 3 N–H and O–H groups in total. The Labute approximate surface area is 108 Å². The van der Waals surface area contributed by atoms with E-state index in [4.69, 9.17) is 17.3 Å². The number of halogens is 5. The molecule has 0 aliphatic rings. The van der Waals surface area contributed by atoms with E-state index in [2.05, 4.69) is 0 Å². The molecule has 0 saturated carbocycles. The van der Waals surface area contributed by atoms with Crippen LogP contribution in [0.3, 0.4) is 0 Å². The summed E-state index contributed by atoms with van der Waals surface area (Å²) in [5, 5.41) is 9.84. The van der Waals surface area contributed by atoms with Gasteiger partial charge in [-0.3, -0.25) is 0 Å². The first-order valence-corrected chi connectivity index (χ1v) is 4.90. The van der Waals surface area contributed by atoms with E-state index in [-0.39, 0.29) is 28.7 Å². The van der Waals surface area contributed by atoms with Gasteiger partial charge in [0.1, 0.15) is 5.75 Å². The summed E-state index contributed by atoms with van der Waals surface area (Å²) in [5.74, 6) is -0.235. The molecule has 0 fully saturated rings. The maximum absolute atomic E-state index is 12.1. The molecule has 1 atom stereocenters. The smallest absolute Gasteiger partial charge is 0.390 e. The molecular formula is C10H12Cl2F3NO. The number of hydrogen-bond acceptors (Lipinski definition) is 2. The quantitative estimate of drug-likeness (QED) is 0.871. The van der Waals surface area contributed by atoms with Gasteiger partial charge in [-0.05, 0) is 24.6 Å². The molecule has 0 aliphatic heterocycles. The average Bonchev–Trinajstić information content (AvgIpc) is 2.08. The second kappa shape index (κ2) is 5.80. The van der Waals surface area contributed by atoms with Gasteiger partial charge in [0.05, 0.1) is 6.42 Å². The van der Waals surface area contributed by atoms with E-state index in [1.165, 1.54) is 12.1 Å². The van der Waals surface area contributed by atoms with Crippen LogP contribution in [0.2, 0.25) is 5.02 Å². The molecule has 7 heteroatoms. The molecule has 0 radical (unpaired) electrons. The number of alkyl halides is 3. The number of hydrogen-bond donors (Lipinski definition) is 2. The third kappa shape index (κ3) is 4.61. The molecule has 17 heavy (non-hydrogen) atoms. The topological polar surface area (TPSA) is 46.2 Å². The van der Waals surface area contributed by atoms with E-state index in [9.17, 15) is 18.3 Å². The van der Waals surface area contributed by atoms with Crippen molar-refractivity contribution in [2.75, 3.05) is 0 Å². The normalized spacial score (nSPS) is 13.1. The molecule has 0 spiro atoms. The number of rotatable bonds is 2. The van der Waals surface area contributed by atoms with Crippen LogP contribution in [-0.4, -0.2) is 11.3 Å². The molecular weight excluding hydrogens is 278 g/mol. The number of phenols is 1. The zero-order valence-corrected chi connectivity index (χ0v) is 10.5. The van der Waals surface area contributed by atoms with Crippen molar-refractivity contribution in [1.82, 2.24) is 0 Å². The lowest BCUT2D eigenvalue weighted by atomic mass is 10.0. The van der Waals surface area contributed by atoms with Crippen molar-refractivity contribution >= 4 is 24.0 Å². The number of aryl methyl sites for hydroxylation is 1. The van der Waals surface area contributed by atoms with E-state index in [1.807, 2.05) is 0 Å². The molecule has 98 valence electrons. The highest BCUT2D eigenvalue weighted by molar-refractivity contribution is 6.30. The van der Waals surface area contributed by atoms with Crippen molar-refractivity contribution in [1.29, 1.82) is 0 Å². The molecule has 1 aromatic rings. The Balaban J connectivity index is 0.00000256. The Kier molecular flexibility index (Phi) is 5.58. The van der Waals surface area contributed by atoms with Gasteiger partial charge in [0, 0.05) is 16.6 Å². The summed E-state index contributed by atoms with van der Waals surface area (Å²) >= 11 is 5.69. The fraction of sp³-hybridized carbons (Fsp3) is 0.400. The van der Waals surface area contributed by atoms with Crippen LogP contribution in [0.4, 0.5) is 13.2 Å². The van der Waals surface area contributed by atoms with Crippen molar-refractivity contribution in [3.8, 4) is 5.75 Å². The monoisotopic (exact) mass is 289 g/mol. The van der Waals surface area contributed by atoms with Crippen LogP contribution >= 0.6 is 24.0 Å². The van der Waals surface area contributed by atoms with Gasteiger partial charge in [0.2, 0.25) is 0 Å². The molecule has 1 rings (SSSR count). The van der Waals surface area contributed by atoms with Crippen LogP contribution in [0.1, 0.15) is 23.6 Å². The van der Waals surface area contributed by atoms with Gasteiger partial charge in [-0.2, -0.15) is 13.2 Å². The second-order valence-corrected chi connectivity index (χ2v) is 4.02. The van der Waals surface area contributed by atoms with Gasteiger partial charge in [-0.15, -0.1) is 12.4 Å². The highest BCUT2D eigenvalue weighted by Crippen LogP contribution is 2.35. The zero-order chi connectivity index (χ0) is 12.5. The van der Waals surface area contributed by atoms with Crippen LogP contribution in [0, 0.1) is 6.92 Å². The first-order valence-electron chi connectivity index (χ1n) is 4.52.